The molecule has 2 aliphatic heterocycles. The van der Waals surface area contributed by atoms with Crippen LogP contribution < -0.4 is 10.8 Å². The average molecular weight is 491 g/mol. The third kappa shape index (κ3) is 5.21. The summed E-state index contributed by atoms with van der Waals surface area (Å²) in [5.74, 6) is -1.42. The van der Waals surface area contributed by atoms with Gasteiger partial charge in [-0.2, -0.15) is 0 Å². The van der Waals surface area contributed by atoms with Crippen molar-refractivity contribution in [3.8, 4) is 0 Å². The predicted molar refractivity (Wildman–Crippen MR) is 127 cm³/mol. The Bertz CT molecular complexity index is 1060. The molecule has 3 aliphatic rings. The van der Waals surface area contributed by atoms with E-state index in [-0.39, 0.29) is 24.8 Å². The van der Waals surface area contributed by atoms with Gasteiger partial charge in [-0.05, 0) is 54.4 Å². The van der Waals surface area contributed by atoms with Crippen molar-refractivity contribution in [2.24, 2.45) is 0 Å². The Labute approximate surface area is 202 Å². The fourth-order valence-electron chi connectivity index (χ4n) is 5.32. The van der Waals surface area contributed by atoms with Crippen LogP contribution in [0.1, 0.15) is 42.0 Å². The first-order valence-corrected chi connectivity index (χ1v) is 12.2. The van der Waals surface area contributed by atoms with Gasteiger partial charge in [-0.25, -0.2) is 13.2 Å². The largest absolute Gasteiger partial charge is 0.488 e. The molecular formula is C25H30BF4N3O2. The van der Waals surface area contributed by atoms with E-state index < -0.39 is 30.5 Å². The van der Waals surface area contributed by atoms with Gasteiger partial charge in [0.25, 0.3) is 0 Å². The first-order chi connectivity index (χ1) is 16.8. The number of likely N-dealkylation sites (tertiary alicyclic amines) is 1. The Balaban J connectivity index is 1.42. The number of rotatable bonds is 9. The van der Waals surface area contributed by atoms with Crippen LogP contribution in [-0.2, 0) is 6.42 Å². The van der Waals surface area contributed by atoms with Crippen LogP contribution in [-0.4, -0.2) is 78.1 Å². The Morgan fingerprint density at radius 1 is 1.09 bits per heavy atom. The summed E-state index contributed by atoms with van der Waals surface area (Å²) in [4.78, 5) is 3.88. The molecule has 1 atom stereocenters. The number of nitrogens with zero attached hydrogens (tertiary/aromatic N) is 2. The summed E-state index contributed by atoms with van der Waals surface area (Å²) in [6, 6.07) is 6.61. The zero-order valence-corrected chi connectivity index (χ0v) is 19.5. The highest BCUT2D eigenvalue weighted by Crippen LogP contribution is 2.45. The Morgan fingerprint density at radius 2 is 1.80 bits per heavy atom. The van der Waals surface area contributed by atoms with E-state index in [4.69, 9.17) is 0 Å². The van der Waals surface area contributed by atoms with Gasteiger partial charge in [-0.3, -0.25) is 14.2 Å². The third-order valence-corrected chi connectivity index (χ3v) is 7.36. The number of anilines is 1. The topological polar surface area (TPSA) is 59.0 Å². The van der Waals surface area contributed by atoms with E-state index in [1.54, 1.807) is 17.0 Å². The van der Waals surface area contributed by atoms with Gasteiger partial charge in [0, 0.05) is 44.0 Å². The molecule has 1 unspecified atom stereocenters. The minimum absolute atomic E-state index is 0.0377. The molecule has 0 bridgehead atoms. The minimum atomic E-state index is -1.64. The van der Waals surface area contributed by atoms with E-state index in [2.05, 4.69) is 10.2 Å². The van der Waals surface area contributed by atoms with Crippen molar-refractivity contribution in [1.29, 1.82) is 0 Å². The summed E-state index contributed by atoms with van der Waals surface area (Å²) in [6.45, 7) is 2.18. The number of halogens is 4. The lowest BCUT2D eigenvalue weighted by Gasteiger charge is -2.40. The first kappa shape index (κ1) is 24.6. The Hall–Kier alpha value is -2.14. The number of hydrogen-bond donors (Lipinski definition) is 3. The van der Waals surface area contributed by atoms with Gasteiger partial charge in [0.1, 0.15) is 17.3 Å². The van der Waals surface area contributed by atoms with Crippen LogP contribution in [0.2, 0.25) is 0 Å². The molecule has 1 saturated carbocycles. The number of fused-ring (bicyclic) bond motifs is 1. The van der Waals surface area contributed by atoms with E-state index in [1.165, 1.54) is 18.2 Å². The van der Waals surface area contributed by atoms with E-state index >= 15 is 8.78 Å². The molecule has 3 N–H and O–H groups in total. The second-order valence-corrected chi connectivity index (χ2v) is 10.1. The lowest BCUT2D eigenvalue weighted by atomic mass is 9.76. The maximum absolute atomic E-state index is 15.5. The smallest absolute Gasteiger partial charge is 0.423 e. The number of benzene rings is 2. The maximum atomic E-state index is 15.5. The molecule has 0 radical (unpaired) electrons. The molecular weight excluding hydrogens is 461 g/mol. The summed E-state index contributed by atoms with van der Waals surface area (Å²) in [7, 11) is -1.64. The molecule has 5 rings (SSSR count). The molecule has 10 heteroatoms. The second kappa shape index (κ2) is 9.73. The standard InChI is InChI=1S/C25H30BF4N3O2/c27-7-1-8-32-13-19(14-32)31-18-11-21(28)23(22(29)12-18)24-20-3-2-17(26(34)35)10-16(20)4-9-33(24)15-25(30)5-6-25/h2-3,10-12,19,24,31,34-35H,1,4-9,13-15H2. The van der Waals surface area contributed by atoms with Crippen LogP contribution in [0.4, 0.5) is 23.2 Å². The molecule has 1 saturated heterocycles. The zero-order chi connectivity index (χ0) is 24.7. The normalized spacial score (nSPS) is 21.9. The summed E-state index contributed by atoms with van der Waals surface area (Å²) in [6.07, 6.45) is 1.88. The van der Waals surface area contributed by atoms with Crippen molar-refractivity contribution in [3.05, 3.63) is 58.7 Å². The van der Waals surface area contributed by atoms with Gasteiger partial charge in [0.2, 0.25) is 0 Å². The van der Waals surface area contributed by atoms with Gasteiger partial charge in [-0.1, -0.05) is 18.2 Å². The molecule has 1 aliphatic carbocycles. The molecule has 5 nitrogen and oxygen atoms in total. The monoisotopic (exact) mass is 491 g/mol. The maximum Gasteiger partial charge on any atom is 0.488 e. The van der Waals surface area contributed by atoms with Crippen molar-refractivity contribution in [2.45, 2.75) is 43.4 Å². The van der Waals surface area contributed by atoms with Crippen LogP contribution >= 0.6 is 0 Å². The summed E-state index contributed by atoms with van der Waals surface area (Å²) in [5.41, 5.74) is 0.599. The molecule has 35 heavy (non-hydrogen) atoms. The van der Waals surface area contributed by atoms with Crippen LogP contribution in [0.5, 0.6) is 0 Å². The van der Waals surface area contributed by atoms with E-state index in [1.807, 2.05) is 0 Å². The Kier molecular flexibility index (Phi) is 6.82. The number of nitrogens with one attached hydrogen (secondary N) is 1. The van der Waals surface area contributed by atoms with Crippen molar-refractivity contribution in [1.82, 2.24) is 9.80 Å². The fraction of sp³-hybridized carbons (Fsp3) is 0.520. The molecule has 0 aromatic heterocycles. The first-order valence-electron chi connectivity index (χ1n) is 12.2. The SMILES string of the molecule is OB(O)c1ccc2c(c1)CCN(CC1(F)CC1)C2c1c(F)cc(NC2CN(CCCF)C2)cc1F. The molecule has 188 valence electrons. The van der Waals surface area contributed by atoms with E-state index in [9.17, 15) is 18.8 Å². The predicted octanol–water partition coefficient (Wildman–Crippen LogP) is 2.55. The van der Waals surface area contributed by atoms with Gasteiger partial charge < -0.3 is 15.4 Å². The van der Waals surface area contributed by atoms with Crippen LogP contribution in [0.3, 0.4) is 0 Å². The Morgan fingerprint density at radius 3 is 2.43 bits per heavy atom. The second-order valence-electron chi connectivity index (χ2n) is 10.1. The third-order valence-electron chi connectivity index (χ3n) is 7.36. The molecule has 0 spiro atoms. The summed E-state index contributed by atoms with van der Waals surface area (Å²) >= 11 is 0. The minimum Gasteiger partial charge on any atom is -0.423 e. The van der Waals surface area contributed by atoms with Gasteiger partial charge in [-0.15, -0.1) is 0 Å². The summed E-state index contributed by atoms with van der Waals surface area (Å²) < 4.78 is 58.1. The van der Waals surface area contributed by atoms with Crippen LogP contribution in [0.15, 0.2) is 30.3 Å². The fourth-order valence-corrected chi connectivity index (χ4v) is 5.32. The molecule has 2 heterocycles. The highest BCUT2D eigenvalue weighted by molar-refractivity contribution is 6.58. The summed E-state index contributed by atoms with van der Waals surface area (Å²) in [5, 5.41) is 22.2. The van der Waals surface area contributed by atoms with Crippen molar-refractivity contribution < 1.29 is 27.6 Å². The zero-order valence-electron chi connectivity index (χ0n) is 19.5. The lowest BCUT2D eigenvalue weighted by molar-refractivity contribution is 0.136. The molecule has 2 fully saturated rings. The highest BCUT2D eigenvalue weighted by atomic mass is 19.1. The van der Waals surface area contributed by atoms with Crippen molar-refractivity contribution in [2.75, 3.05) is 44.7 Å². The molecule has 2 aromatic carbocycles. The number of hydrogen-bond acceptors (Lipinski definition) is 5. The average Bonchev–Trinajstić information content (AvgIpc) is 3.52. The van der Waals surface area contributed by atoms with Gasteiger partial charge in [0.15, 0.2) is 0 Å². The van der Waals surface area contributed by atoms with Crippen LogP contribution in [0, 0.1) is 11.6 Å². The molecule has 0 amide bonds. The number of alkyl halides is 2. The van der Waals surface area contributed by atoms with Gasteiger partial charge in [0.05, 0.1) is 18.8 Å². The van der Waals surface area contributed by atoms with Crippen molar-refractivity contribution in [3.63, 3.8) is 0 Å². The highest BCUT2D eigenvalue weighted by Gasteiger charge is 2.47. The molecule has 2 aromatic rings. The quantitative estimate of drug-likeness (QED) is 0.372. The van der Waals surface area contributed by atoms with Gasteiger partial charge >= 0.3 is 7.12 Å². The van der Waals surface area contributed by atoms with Crippen molar-refractivity contribution >= 4 is 18.3 Å². The van der Waals surface area contributed by atoms with E-state index in [0.717, 1.165) is 5.56 Å². The van der Waals surface area contributed by atoms with Crippen LogP contribution in [0.25, 0.3) is 0 Å². The van der Waals surface area contributed by atoms with E-state index in [0.29, 0.717) is 68.6 Å². The lowest BCUT2D eigenvalue weighted by Crippen LogP contribution is -2.54.